The summed E-state index contributed by atoms with van der Waals surface area (Å²) in [5, 5.41) is 3.94. The number of halogens is 1. The number of aromatic nitrogens is 1. The van der Waals surface area contributed by atoms with Gasteiger partial charge in [-0.05, 0) is 29.3 Å². The van der Waals surface area contributed by atoms with Gasteiger partial charge < -0.3 is 10.1 Å². The van der Waals surface area contributed by atoms with Crippen LogP contribution in [0.15, 0.2) is 72.9 Å². The number of nitrogens with one attached hydrogen (secondary N) is 1. The molecule has 27 heavy (non-hydrogen) atoms. The number of anilines is 2. The molecular formula is C22H22ClN3O. The molecule has 1 aliphatic rings. The van der Waals surface area contributed by atoms with Crippen molar-refractivity contribution in [1.82, 2.24) is 9.88 Å². The molecule has 1 saturated heterocycles. The summed E-state index contributed by atoms with van der Waals surface area (Å²) in [7, 11) is 0. The van der Waals surface area contributed by atoms with E-state index in [9.17, 15) is 0 Å². The average Bonchev–Trinajstić information content (AvgIpc) is 2.72. The highest BCUT2D eigenvalue weighted by Gasteiger charge is 2.21. The first kappa shape index (κ1) is 18.0. The lowest BCUT2D eigenvalue weighted by Gasteiger charge is -2.33. The van der Waals surface area contributed by atoms with E-state index >= 15 is 0 Å². The highest BCUT2D eigenvalue weighted by atomic mass is 35.5. The molecular weight excluding hydrogens is 358 g/mol. The standard InChI is InChI=1S/C22H22ClN3O/c23-19-8-4-5-9-20(19)25-22-11-10-17(14-24-22)15-26-12-13-27-21(16-26)18-6-2-1-3-7-18/h1-11,14,21H,12-13,15-16H2,(H,24,25)/t21-/m1/s1. The molecule has 1 fully saturated rings. The van der Waals surface area contributed by atoms with Gasteiger partial charge in [-0.2, -0.15) is 0 Å². The largest absolute Gasteiger partial charge is 0.371 e. The second-order valence-corrected chi connectivity index (χ2v) is 7.07. The number of morpholine rings is 1. The number of pyridine rings is 1. The van der Waals surface area contributed by atoms with Crippen molar-refractivity contribution in [3.63, 3.8) is 0 Å². The third-order valence-corrected chi connectivity index (χ3v) is 5.02. The molecule has 3 aromatic rings. The lowest BCUT2D eigenvalue weighted by Crippen LogP contribution is -2.37. The molecule has 1 N–H and O–H groups in total. The zero-order valence-electron chi connectivity index (χ0n) is 15.0. The first-order chi connectivity index (χ1) is 13.3. The predicted molar refractivity (Wildman–Crippen MR) is 109 cm³/mol. The third-order valence-electron chi connectivity index (χ3n) is 4.69. The first-order valence-corrected chi connectivity index (χ1v) is 9.51. The Hall–Kier alpha value is -2.40. The highest BCUT2D eigenvalue weighted by Crippen LogP contribution is 2.25. The lowest BCUT2D eigenvalue weighted by molar-refractivity contribution is -0.0329. The van der Waals surface area contributed by atoms with E-state index < -0.39 is 0 Å². The Morgan fingerprint density at radius 1 is 1.04 bits per heavy atom. The van der Waals surface area contributed by atoms with Crippen molar-refractivity contribution in [1.29, 1.82) is 0 Å². The van der Waals surface area contributed by atoms with Gasteiger partial charge in [-0.1, -0.05) is 60.1 Å². The van der Waals surface area contributed by atoms with Gasteiger partial charge in [-0.15, -0.1) is 0 Å². The molecule has 5 heteroatoms. The van der Waals surface area contributed by atoms with Crippen molar-refractivity contribution in [2.24, 2.45) is 0 Å². The smallest absolute Gasteiger partial charge is 0.130 e. The molecule has 0 unspecified atom stereocenters. The summed E-state index contributed by atoms with van der Waals surface area (Å²) in [6, 6.07) is 22.2. The van der Waals surface area contributed by atoms with Crippen molar-refractivity contribution < 1.29 is 4.74 Å². The molecule has 0 spiro atoms. The van der Waals surface area contributed by atoms with Crippen LogP contribution in [0.4, 0.5) is 11.5 Å². The quantitative estimate of drug-likeness (QED) is 0.673. The minimum atomic E-state index is 0.133. The Bertz CT molecular complexity index is 870. The number of rotatable bonds is 5. The van der Waals surface area contributed by atoms with Crippen molar-refractivity contribution in [2.45, 2.75) is 12.6 Å². The van der Waals surface area contributed by atoms with Crippen LogP contribution in [0.3, 0.4) is 0 Å². The summed E-state index contributed by atoms with van der Waals surface area (Å²) in [5.41, 5.74) is 3.28. The predicted octanol–water partition coefficient (Wildman–Crippen LogP) is 5.05. The van der Waals surface area contributed by atoms with Crippen LogP contribution in [-0.2, 0) is 11.3 Å². The van der Waals surface area contributed by atoms with Gasteiger partial charge in [0.25, 0.3) is 0 Å². The maximum Gasteiger partial charge on any atom is 0.130 e. The molecule has 0 radical (unpaired) electrons. The summed E-state index contributed by atoms with van der Waals surface area (Å²) < 4.78 is 5.95. The molecule has 2 aromatic carbocycles. The zero-order chi connectivity index (χ0) is 18.5. The number of para-hydroxylation sites is 1. The third kappa shape index (κ3) is 4.66. The SMILES string of the molecule is Clc1ccccc1Nc1ccc(CN2CCO[C@@H](c3ccccc3)C2)cn1. The van der Waals surface area contributed by atoms with Crippen LogP contribution >= 0.6 is 11.6 Å². The molecule has 1 aromatic heterocycles. The molecule has 0 bridgehead atoms. The Kier molecular flexibility index (Phi) is 5.68. The highest BCUT2D eigenvalue weighted by molar-refractivity contribution is 6.33. The van der Waals surface area contributed by atoms with E-state index in [2.05, 4.69) is 45.5 Å². The van der Waals surface area contributed by atoms with Crippen LogP contribution in [-0.4, -0.2) is 29.6 Å². The summed E-state index contributed by atoms with van der Waals surface area (Å²) in [4.78, 5) is 6.95. The topological polar surface area (TPSA) is 37.4 Å². The second kappa shape index (κ2) is 8.53. The maximum atomic E-state index is 6.19. The molecule has 2 heterocycles. The first-order valence-electron chi connectivity index (χ1n) is 9.13. The molecule has 0 saturated carbocycles. The van der Waals surface area contributed by atoms with Gasteiger partial charge in [-0.3, -0.25) is 4.90 Å². The fourth-order valence-electron chi connectivity index (χ4n) is 3.27. The van der Waals surface area contributed by atoms with Crippen LogP contribution in [0.2, 0.25) is 5.02 Å². The van der Waals surface area contributed by atoms with Gasteiger partial charge in [0.2, 0.25) is 0 Å². The van der Waals surface area contributed by atoms with Crippen molar-refractivity contribution in [3.8, 4) is 0 Å². The van der Waals surface area contributed by atoms with E-state index in [4.69, 9.17) is 16.3 Å². The second-order valence-electron chi connectivity index (χ2n) is 6.66. The molecule has 4 rings (SSSR count). The number of nitrogens with zero attached hydrogens (tertiary/aromatic N) is 2. The van der Waals surface area contributed by atoms with Crippen molar-refractivity contribution >= 4 is 23.1 Å². The average molecular weight is 380 g/mol. The van der Waals surface area contributed by atoms with Crippen LogP contribution in [0, 0.1) is 0 Å². The molecule has 4 nitrogen and oxygen atoms in total. The molecule has 0 aliphatic carbocycles. The number of ether oxygens (including phenoxy) is 1. The maximum absolute atomic E-state index is 6.19. The van der Waals surface area contributed by atoms with Gasteiger partial charge >= 0.3 is 0 Å². The van der Waals surface area contributed by atoms with E-state index in [0.717, 1.165) is 37.7 Å². The normalized spacial score (nSPS) is 17.6. The monoisotopic (exact) mass is 379 g/mol. The molecule has 0 amide bonds. The minimum absolute atomic E-state index is 0.133. The van der Waals surface area contributed by atoms with Crippen LogP contribution in [0.1, 0.15) is 17.2 Å². The Morgan fingerprint density at radius 2 is 1.85 bits per heavy atom. The summed E-state index contributed by atoms with van der Waals surface area (Å²) in [5.74, 6) is 0.788. The lowest BCUT2D eigenvalue weighted by atomic mass is 10.1. The van der Waals surface area contributed by atoms with Crippen molar-refractivity contribution in [3.05, 3.63) is 89.1 Å². The van der Waals surface area contributed by atoms with E-state index in [-0.39, 0.29) is 6.10 Å². The summed E-state index contributed by atoms with van der Waals surface area (Å²) in [6.07, 6.45) is 2.06. The minimum Gasteiger partial charge on any atom is -0.371 e. The van der Waals surface area contributed by atoms with E-state index in [0.29, 0.717) is 5.02 Å². The van der Waals surface area contributed by atoms with Crippen LogP contribution in [0.25, 0.3) is 0 Å². The van der Waals surface area contributed by atoms with E-state index in [1.165, 1.54) is 11.1 Å². The van der Waals surface area contributed by atoms with Crippen LogP contribution < -0.4 is 5.32 Å². The molecule has 138 valence electrons. The number of benzene rings is 2. The van der Waals surface area contributed by atoms with Gasteiger partial charge in [-0.25, -0.2) is 4.98 Å². The fraction of sp³-hybridized carbons (Fsp3) is 0.227. The van der Waals surface area contributed by atoms with E-state index in [1.807, 2.05) is 42.6 Å². The summed E-state index contributed by atoms with van der Waals surface area (Å²) >= 11 is 6.19. The summed E-state index contributed by atoms with van der Waals surface area (Å²) in [6.45, 7) is 3.44. The Labute approximate surface area is 164 Å². The Balaban J connectivity index is 1.37. The van der Waals surface area contributed by atoms with Gasteiger partial charge in [0.15, 0.2) is 0 Å². The number of hydrogen-bond acceptors (Lipinski definition) is 4. The fourth-order valence-corrected chi connectivity index (χ4v) is 3.45. The zero-order valence-corrected chi connectivity index (χ0v) is 15.8. The van der Waals surface area contributed by atoms with Gasteiger partial charge in [0.1, 0.15) is 5.82 Å². The van der Waals surface area contributed by atoms with Gasteiger partial charge in [0, 0.05) is 25.8 Å². The van der Waals surface area contributed by atoms with Crippen LogP contribution in [0.5, 0.6) is 0 Å². The van der Waals surface area contributed by atoms with E-state index in [1.54, 1.807) is 0 Å². The number of hydrogen-bond donors (Lipinski definition) is 1. The Morgan fingerprint density at radius 3 is 2.63 bits per heavy atom. The van der Waals surface area contributed by atoms with Gasteiger partial charge in [0.05, 0.1) is 23.4 Å². The molecule has 1 aliphatic heterocycles. The van der Waals surface area contributed by atoms with Crippen molar-refractivity contribution in [2.75, 3.05) is 25.0 Å². The molecule has 1 atom stereocenters.